The predicted molar refractivity (Wildman–Crippen MR) is 92.8 cm³/mol. The molecule has 0 saturated heterocycles. The lowest BCUT2D eigenvalue weighted by Gasteiger charge is -2.43. The number of amides is 1. The summed E-state index contributed by atoms with van der Waals surface area (Å²) >= 11 is 5.97. The molecule has 0 spiro atoms. The maximum absolute atomic E-state index is 13.4. The van der Waals surface area contributed by atoms with Crippen LogP contribution in [-0.4, -0.2) is 5.91 Å². The molecule has 1 unspecified atom stereocenters. The summed E-state index contributed by atoms with van der Waals surface area (Å²) < 4.78 is 13.4. The molecule has 0 saturated carbocycles. The number of carbonyl (C=O) groups excluding carboxylic acids is 1. The number of anilines is 1. The normalized spacial score (nSPS) is 19.4. The lowest BCUT2D eigenvalue weighted by molar-refractivity contribution is -0.120. The average molecular weight is 342 g/mol. The van der Waals surface area contributed by atoms with Gasteiger partial charge < -0.3 is 10.2 Å². The first kappa shape index (κ1) is 16.3. The Balaban J connectivity index is 2.15. The Kier molecular flexibility index (Phi) is 4.40. The molecule has 24 heavy (non-hydrogen) atoms. The molecule has 2 aromatic carbocycles. The van der Waals surface area contributed by atoms with Crippen molar-refractivity contribution in [1.29, 1.82) is 0 Å². The van der Waals surface area contributed by atoms with Crippen molar-refractivity contribution in [3.05, 3.63) is 89.4 Å². The third-order valence-corrected chi connectivity index (χ3v) is 4.00. The van der Waals surface area contributed by atoms with Crippen molar-refractivity contribution in [3.63, 3.8) is 0 Å². The molecular formula is C19H15ClFN2O. The smallest absolute Gasteiger partial charge is 0.219 e. The molecule has 1 atom stereocenters. The van der Waals surface area contributed by atoms with Crippen LogP contribution in [0.15, 0.2) is 66.9 Å². The van der Waals surface area contributed by atoms with Gasteiger partial charge in [-0.05, 0) is 54.6 Å². The highest BCUT2D eigenvalue weighted by atomic mass is 35.5. The van der Waals surface area contributed by atoms with Gasteiger partial charge in [-0.25, -0.2) is 4.39 Å². The number of benzene rings is 2. The standard InChI is InChI=1S/C19H15ClFN2O/c1-14(24)22-19(15-4-8-17(21)9-5-15)12-2-3-13-23(19)18-10-6-16(20)7-11-18/h3-13H,1H3,(H,22,24). The van der Waals surface area contributed by atoms with Crippen molar-refractivity contribution < 1.29 is 9.18 Å². The van der Waals surface area contributed by atoms with Gasteiger partial charge in [-0.15, -0.1) is 0 Å². The van der Waals surface area contributed by atoms with E-state index in [9.17, 15) is 9.18 Å². The number of hydrogen-bond acceptors (Lipinski definition) is 2. The Morgan fingerprint density at radius 1 is 1.17 bits per heavy atom. The monoisotopic (exact) mass is 341 g/mol. The lowest BCUT2D eigenvalue weighted by Crippen LogP contribution is -2.55. The van der Waals surface area contributed by atoms with Crippen molar-refractivity contribution >= 4 is 23.2 Å². The van der Waals surface area contributed by atoms with E-state index in [1.54, 1.807) is 36.4 Å². The third kappa shape index (κ3) is 3.05. The predicted octanol–water partition coefficient (Wildman–Crippen LogP) is 4.16. The summed E-state index contributed by atoms with van der Waals surface area (Å²) in [6.45, 7) is 1.44. The van der Waals surface area contributed by atoms with E-state index in [0.29, 0.717) is 10.6 Å². The van der Waals surface area contributed by atoms with Crippen molar-refractivity contribution in [2.45, 2.75) is 12.6 Å². The van der Waals surface area contributed by atoms with E-state index in [2.05, 4.69) is 11.4 Å². The molecule has 0 aromatic heterocycles. The fourth-order valence-electron chi connectivity index (χ4n) is 2.73. The molecule has 1 aliphatic heterocycles. The Labute approximate surface area is 145 Å². The molecular weight excluding hydrogens is 327 g/mol. The number of allylic oxidation sites excluding steroid dienone is 2. The number of carbonyl (C=O) groups is 1. The molecule has 0 fully saturated rings. The molecule has 1 radical (unpaired) electrons. The van der Waals surface area contributed by atoms with E-state index in [4.69, 9.17) is 11.6 Å². The number of halogens is 2. The molecule has 1 amide bonds. The maximum Gasteiger partial charge on any atom is 0.219 e. The highest BCUT2D eigenvalue weighted by molar-refractivity contribution is 6.30. The second-order valence-electron chi connectivity index (χ2n) is 5.43. The Bertz CT molecular complexity index is 799. The van der Waals surface area contributed by atoms with Crippen LogP contribution in [0.1, 0.15) is 12.5 Å². The largest absolute Gasteiger partial charge is 0.326 e. The minimum Gasteiger partial charge on any atom is -0.326 e. The van der Waals surface area contributed by atoms with Gasteiger partial charge in [0.2, 0.25) is 5.91 Å². The first-order valence-corrected chi connectivity index (χ1v) is 7.76. The van der Waals surface area contributed by atoms with Crippen LogP contribution >= 0.6 is 11.6 Å². The SMILES string of the molecule is CC(=O)NC1(c2ccc(F)cc2)C=[C]C=CN1c1ccc(Cl)cc1. The molecule has 2 aromatic rings. The molecule has 3 rings (SSSR count). The molecule has 121 valence electrons. The third-order valence-electron chi connectivity index (χ3n) is 3.75. The van der Waals surface area contributed by atoms with Crippen molar-refractivity contribution in [2.24, 2.45) is 0 Å². The minimum atomic E-state index is -0.998. The van der Waals surface area contributed by atoms with Crippen LogP contribution in [0.4, 0.5) is 10.1 Å². The van der Waals surface area contributed by atoms with Crippen LogP contribution in [0, 0.1) is 11.9 Å². The molecule has 1 heterocycles. The maximum atomic E-state index is 13.4. The van der Waals surface area contributed by atoms with Gasteiger partial charge in [-0.2, -0.15) is 0 Å². The summed E-state index contributed by atoms with van der Waals surface area (Å²) in [5.74, 6) is -0.555. The van der Waals surface area contributed by atoms with Crippen LogP contribution in [0.3, 0.4) is 0 Å². The molecule has 5 heteroatoms. The molecule has 3 nitrogen and oxygen atoms in total. The Morgan fingerprint density at radius 2 is 1.83 bits per heavy atom. The summed E-state index contributed by atoms with van der Waals surface area (Å²) in [6, 6.07) is 13.3. The number of nitrogens with zero attached hydrogens (tertiary/aromatic N) is 1. The Morgan fingerprint density at radius 3 is 2.46 bits per heavy atom. The van der Waals surface area contributed by atoms with Gasteiger partial charge in [0, 0.05) is 29.4 Å². The van der Waals surface area contributed by atoms with Gasteiger partial charge in [0.1, 0.15) is 5.82 Å². The first-order valence-electron chi connectivity index (χ1n) is 7.38. The van der Waals surface area contributed by atoms with Crippen LogP contribution in [0.2, 0.25) is 5.02 Å². The zero-order valence-corrected chi connectivity index (χ0v) is 13.7. The van der Waals surface area contributed by atoms with E-state index in [0.717, 1.165) is 5.69 Å². The molecule has 1 N–H and O–H groups in total. The quantitative estimate of drug-likeness (QED) is 0.909. The summed E-state index contributed by atoms with van der Waals surface area (Å²) in [4.78, 5) is 13.8. The zero-order valence-electron chi connectivity index (χ0n) is 13.0. The Hall–Kier alpha value is -2.59. The van der Waals surface area contributed by atoms with Gasteiger partial charge in [0.15, 0.2) is 5.66 Å². The highest BCUT2D eigenvalue weighted by Gasteiger charge is 2.37. The number of rotatable bonds is 3. The van der Waals surface area contributed by atoms with E-state index in [-0.39, 0.29) is 11.7 Å². The van der Waals surface area contributed by atoms with Gasteiger partial charge in [-0.1, -0.05) is 23.7 Å². The average Bonchev–Trinajstić information content (AvgIpc) is 2.56. The summed E-state index contributed by atoms with van der Waals surface area (Å²) in [6.07, 6.45) is 8.33. The van der Waals surface area contributed by atoms with Gasteiger partial charge >= 0.3 is 0 Å². The van der Waals surface area contributed by atoms with E-state index < -0.39 is 5.66 Å². The van der Waals surface area contributed by atoms with Crippen molar-refractivity contribution in [2.75, 3.05) is 4.90 Å². The van der Waals surface area contributed by atoms with E-state index in [1.165, 1.54) is 19.1 Å². The van der Waals surface area contributed by atoms with Gasteiger partial charge in [0.25, 0.3) is 0 Å². The lowest BCUT2D eigenvalue weighted by atomic mass is 9.94. The molecule has 1 aliphatic rings. The van der Waals surface area contributed by atoms with E-state index in [1.807, 2.05) is 23.2 Å². The number of hydrogen-bond donors (Lipinski definition) is 1. The zero-order chi connectivity index (χ0) is 17.2. The fraction of sp³-hybridized carbons (Fsp3) is 0.105. The fourth-order valence-corrected chi connectivity index (χ4v) is 2.85. The second-order valence-corrected chi connectivity index (χ2v) is 5.86. The van der Waals surface area contributed by atoms with E-state index >= 15 is 0 Å². The second kappa shape index (κ2) is 6.49. The van der Waals surface area contributed by atoms with Crippen LogP contribution in [0.25, 0.3) is 0 Å². The van der Waals surface area contributed by atoms with Crippen molar-refractivity contribution in [1.82, 2.24) is 5.32 Å². The van der Waals surface area contributed by atoms with Crippen molar-refractivity contribution in [3.8, 4) is 0 Å². The first-order chi connectivity index (χ1) is 11.5. The summed E-state index contributed by atoms with van der Waals surface area (Å²) in [5, 5.41) is 3.58. The van der Waals surface area contributed by atoms with Crippen LogP contribution in [-0.2, 0) is 10.5 Å². The van der Waals surface area contributed by atoms with Crippen LogP contribution in [0.5, 0.6) is 0 Å². The van der Waals surface area contributed by atoms with Gasteiger partial charge in [0.05, 0.1) is 0 Å². The summed E-state index contributed by atoms with van der Waals surface area (Å²) in [5.41, 5.74) is 0.541. The molecule has 0 bridgehead atoms. The molecule has 0 aliphatic carbocycles. The highest BCUT2D eigenvalue weighted by Crippen LogP contribution is 2.35. The topological polar surface area (TPSA) is 32.3 Å². The van der Waals surface area contributed by atoms with Gasteiger partial charge in [-0.3, -0.25) is 4.79 Å². The number of nitrogens with one attached hydrogen (secondary N) is 1. The van der Waals surface area contributed by atoms with Crippen LogP contribution < -0.4 is 10.2 Å². The summed E-state index contributed by atoms with van der Waals surface area (Å²) in [7, 11) is 0. The minimum absolute atomic E-state index is 0.216.